The number of hydrogen-bond acceptors (Lipinski definition) is 2. The average molecular weight is 345 g/mol. The molecule has 0 rings (SSSR count). The van der Waals surface area contributed by atoms with Crippen LogP contribution in [0.4, 0.5) is 0 Å². The molecule has 0 aromatic carbocycles. The zero-order valence-electron chi connectivity index (χ0n) is 17.1. The second kappa shape index (κ2) is 15.7. The SMILES string of the molecule is CCCC[N+](CCCC)=C(N(CC)CC)N(CCOC)CCOC. The second-order valence-electron chi connectivity index (χ2n) is 6.14. The van der Waals surface area contributed by atoms with Crippen molar-refractivity contribution < 1.29 is 14.0 Å². The summed E-state index contributed by atoms with van der Waals surface area (Å²) in [7, 11) is 3.55. The zero-order valence-corrected chi connectivity index (χ0v) is 17.1. The van der Waals surface area contributed by atoms with E-state index in [-0.39, 0.29) is 0 Å². The molecule has 0 aliphatic rings. The van der Waals surface area contributed by atoms with E-state index in [9.17, 15) is 0 Å². The van der Waals surface area contributed by atoms with Gasteiger partial charge in [0.15, 0.2) is 0 Å². The van der Waals surface area contributed by atoms with Gasteiger partial charge in [0.2, 0.25) is 0 Å². The predicted octanol–water partition coefficient (Wildman–Crippen LogP) is 2.89. The molecule has 0 unspecified atom stereocenters. The van der Waals surface area contributed by atoms with Gasteiger partial charge in [-0.05, 0) is 26.7 Å². The van der Waals surface area contributed by atoms with Crippen LogP contribution in [-0.4, -0.2) is 87.0 Å². The van der Waals surface area contributed by atoms with E-state index in [2.05, 4.69) is 42.1 Å². The number of rotatable bonds is 14. The molecular formula is C19H42N3O2+. The minimum Gasteiger partial charge on any atom is -0.381 e. The van der Waals surface area contributed by atoms with Gasteiger partial charge in [-0.3, -0.25) is 14.4 Å². The van der Waals surface area contributed by atoms with Gasteiger partial charge >= 0.3 is 5.96 Å². The van der Waals surface area contributed by atoms with Gasteiger partial charge in [0.25, 0.3) is 0 Å². The molecule has 0 aliphatic heterocycles. The molecule has 0 saturated heterocycles. The molecule has 0 spiro atoms. The van der Waals surface area contributed by atoms with Gasteiger partial charge in [0.05, 0.1) is 52.5 Å². The molecule has 0 N–H and O–H groups in total. The van der Waals surface area contributed by atoms with Gasteiger partial charge in [0, 0.05) is 14.2 Å². The quantitative estimate of drug-likeness (QED) is 0.275. The highest BCUT2D eigenvalue weighted by Gasteiger charge is 2.27. The first-order valence-electron chi connectivity index (χ1n) is 9.79. The Hall–Kier alpha value is -0.810. The Labute approximate surface area is 150 Å². The summed E-state index contributed by atoms with van der Waals surface area (Å²) in [6.07, 6.45) is 4.92. The van der Waals surface area contributed by atoms with Crippen molar-refractivity contribution >= 4 is 5.96 Å². The number of hydrogen-bond donors (Lipinski definition) is 0. The Balaban J connectivity index is 5.65. The molecule has 0 atom stereocenters. The number of ether oxygens (including phenoxy) is 2. The van der Waals surface area contributed by atoms with Crippen LogP contribution in [0.2, 0.25) is 0 Å². The van der Waals surface area contributed by atoms with E-state index >= 15 is 0 Å². The second-order valence-corrected chi connectivity index (χ2v) is 6.14. The highest BCUT2D eigenvalue weighted by atomic mass is 16.5. The maximum atomic E-state index is 5.36. The smallest absolute Gasteiger partial charge is 0.350 e. The van der Waals surface area contributed by atoms with Crippen molar-refractivity contribution in [2.24, 2.45) is 0 Å². The lowest BCUT2D eigenvalue weighted by Crippen LogP contribution is -2.52. The first kappa shape index (κ1) is 23.2. The van der Waals surface area contributed by atoms with Crippen molar-refractivity contribution in [2.45, 2.75) is 53.4 Å². The molecule has 24 heavy (non-hydrogen) atoms. The summed E-state index contributed by atoms with van der Waals surface area (Å²) < 4.78 is 13.3. The van der Waals surface area contributed by atoms with Gasteiger partial charge in [-0.2, -0.15) is 0 Å². The fraction of sp³-hybridized carbons (Fsp3) is 0.947. The van der Waals surface area contributed by atoms with Crippen molar-refractivity contribution in [3.8, 4) is 0 Å². The molecule has 0 heterocycles. The molecule has 5 heteroatoms. The molecule has 0 bridgehead atoms. The molecule has 5 nitrogen and oxygen atoms in total. The van der Waals surface area contributed by atoms with Crippen LogP contribution in [0.3, 0.4) is 0 Å². The molecule has 0 aromatic heterocycles. The van der Waals surface area contributed by atoms with Crippen LogP contribution in [0.25, 0.3) is 0 Å². The third-order valence-corrected chi connectivity index (χ3v) is 4.31. The van der Waals surface area contributed by atoms with E-state index in [1.807, 2.05) is 0 Å². The summed E-state index contributed by atoms with van der Waals surface area (Å²) in [5.74, 6) is 1.36. The Kier molecular flexibility index (Phi) is 15.2. The molecule has 0 aliphatic carbocycles. The van der Waals surface area contributed by atoms with Crippen LogP contribution in [0.15, 0.2) is 0 Å². The first-order valence-corrected chi connectivity index (χ1v) is 9.79. The first-order chi connectivity index (χ1) is 11.7. The van der Waals surface area contributed by atoms with Gasteiger partial charge in [-0.25, -0.2) is 0 Å². The molecule has 0 saturated carbocycles. The Bertz CT molecular complexity index is 300. The summed E-state index contributed by atoms with van der Waals surface area (Å²) in [5.41, 5.74) is 0. The summed E-state index contributed by atoms with van der Waals surface area (Å²) >= 11 is 0. The van der Waals surface area contributed by atoms with Crippen LogP contribution >= 0.6 is 0 Å². The number of guanidine groups is 1. The minimum absolute atomic E-state index is 0.740. The van der Waals surface area contributed by atoms with Gasteiger partial charge in [-0.15, -0.1) is 0 Å². The lowest BCUT2D eigenvalue weighted by molar-refractivity contribution is -0.539. The monoisotopic (exact) mass is 344 g/mol. The average Bonchev–Trinajstić information content (AvgIpc) is 2.61. The molecule has 0 fully saturated rings. The van der Waals surface area contributed by atoms with Crippen molar-refractivity contribution in [3.05, 3.63) is 0 Å². The largest absolute Gasteiger partial charge is 0.381 e. The van der Waals surface area contributed by atoms with Crippen LogP contribution < -0.4 is 0 Å². The lowest BCUT2D eigenvalue weighted by atomic mass is 10.3. The third-order valence-electron chi connectivity index (χ3n) is 4.31. The Morgan fingerprint density at radius 3 is 1.54 bits per heavy atom. The maximum absolute atomic E-state index is 5.36. The van der Waals surface area contributed by atoms with Crippen molar-refractivity contribution in [2.75, 3.05) is 66.7 Å². The normalized spacial score (nSPS) is 10.8. The van der Waals surface area contributed by atoms with Gasteiger partial charge < -0.3 is 9.47 Å². The summed E-state index contributed by atoms with van der Waals surface area (Å²) in [4.78, 5) is 4.93. The van der Waals surface area contributed by atoms with E-state index in [4.69, 9.17) is 9.47 Å². The van der Waals surface area contributed by atoms with Gasteiger partial charge in [-0.1, -0.05) is 26.7 Å². The van der Waals surface area contributed by atoms with Crippen molar-refractivity contribution in [3.63, 3.8) is 0 Å². The van der Waals surface area contributed by atoms with E-state index in [0.29, 0.717) is 0 Å². The van der Waals surface area contributed by atoms with Gasteiger partial charge in [0.1, 0.15) is 0 Å². The van der Waals surface area contributed by atoms with E-state index < -0.39 is 0 Å². The van der Waals surface area contributed by atoms with Crippen LogP contribution in [0.1, 0.15) is 53.4 Å². The molecule has 0 radical (unpaired) electrons. The van der Waals surface area contributed by atoms with Crippen molar-refractivity contribution in [1.29, 1.82) is 0 Å². The van der Waals surface area contributed by atoms with Crippen LogP contribution in [-0.2, 0) is 9.47 Å². The summed E-state index contributed by atoms with van der Waals surface area (Å²) in [5, 5.41) is 0. The third kappa shape index (κ3) is 8.88. The number of unbranched alkanes of at least 4 members (excludes halogenated alkanes) is 2. The number of nitrogens with zero attached hydrogens (tertiary/aromatic N) is 3. The summed E-state index contributed by atoms with van der Waals surface area (Å²) in [6, 6.07) is 0. The maximum Gasteiger partial charge on any atom is 0.350 e. The fourth-order valence-electron chi connectivity index (χ4n) is 2.83. The highest BCUT2D eigenvalue weighted by Crippen LogP contribution is 2.04. The van der Waals surface area contributed by atoms with Crippen LogP contribution in [0, 0.1) is 0 Å². The topological polar surface area (TPSA) is 27.9 Å². The van der Waals surface area contributed by atoms with E-state index in [1.165, 1.54) is 31.6 Å². The summed E-state index contributed by atoms with van der Waals surface area (Å²) in [6.45, 7) is 16.6. The Morgan fingerprint density at radius 2 is 1.21 bits per heavy atom. The minimum atomic E-state index is 0.740. The molecule has 144 valence electrons. The molecule has 0 amide bonds. The highest BCUT2D eigenvalue weighted by molar-refractivity contribution is 5.75. The van der Waals surface area contributed by atoms with Crippen molar-refractivity contribution in [1.82, 2.24) is 9.80 Å². The molecule has 0 aromatic rings. The Morgan fingerprint density at radius 1 is 0.750 bits per heavy atom. The fourth-order valence-corrected chi connectivity index (χ4v) is 2.83. The number of methoxy groups -OCH3 is 2. The molecular weight excluding hydrogens is 302 g/mol. The predicted molar refractivity (Wildman–Crippen MR) is 103 cm³/mol. The zero-order chi connectivity index (χ0) is 18.2. The van der Waals surface area contributed by atoms with Crippen LogP contribution in [0.5, 0.6) is 0 Å². The van der Waals surface area contributed by atoms with E-state index in [0.717, 1.165) is 52.5 Å². The lowest BCUT2D eigenvalue weighted by Gasteiger charge is -2.29. The van der Waals surface area contributed by atoms with E-state index in [1.54, 1.807) is 14.2 Å². The standard InChI is InChI=1S/C19H42N3O2/c1-7-11-13-21(14-12-8-2)19(20(9-3)10-4)22(15-17-23-5)16-18-24-6/h7-18H2,1-6H3/q+1.